The Balaban J connectivity index is 2.00. The van der Waals surface area contributed by atoms with Crippen molar-refractivity contribution in [1.29, 1.82) is 5.26 Å². The molecule has 2 fully saturated rings. The summed E-state index contributed by atoms with van der Waals surface area (Å²) in [5.41, 5.74) is -0.406. The van der Waals surface area contributed by atoms with Crippen LogP contribution < -0.4 is 5.32 Å². The molecule has 0 radical (unpaired) electrons. The summed E-state index contributed by atoms with van der Waals surface area (Å²) in [5, 5.41) is 12.9. The summed E-state index contributed by atoms with van der Waals surface area (Å²) in [6.07, 6.45) is 3.68. The molecule has 114 valence electrons. The molecule has 0 aromatic carbocycles. The van der Waals surface area contributed by atoms with Crippen LogP contribution in [0.1, 0.15) is 39.5 Å². The van der Waals surface area contributed by atoms with Gasteiger partial charge in [0.1, 0.15) is 5.54 Å². The van der Waals surface area contributed by atoms with Crippen molar-refractivity contribution in [2.75, 3.05) is 24.6 Å². The molecule has 1 saturated heterocycles. The minimum atomic E-state index is -2.87. The standard InChI is InChI=1S/C14H25N3O2S/c1-3-6-16-14(11-15)5-4-13(9-14)17-7-8-20(18,19)10-12(17)2/h12-13,16H,3-10H2,1-2H3. The highest BCUT2D eigenvalue weighted by Crippen LogP contribution is 2.34. The maximum Gasteiger partial charge on any atom is 0.153 e. The Morgan fingerprint density at radius 2 is 2.25 bits per heavy atom. The van der Waals surface area contributed by atoms with Gasteiger partial charge < -0.3 is 0 Å². The molecular weight excluding hydrogens is 274 g/mol. The van der Waals surface area contributed by atoms with Crippen LogP contribution in [-0.2, 0) is 9.84 Å². The fraction of sp³-hybridized carbons (Fsp3) is 0.929. The van der Waals surface area contributed by atoms with Crippen molar-refractivity contribution < 1.29 is 8.42 Å². The maximum absolute atomic E-state index is 11.7. The first kappa shape index (κ1) is 15.7. The molecule has 2 rings (SSSR count). The summed E-state index contributed by atoms with van der Waals surface area (Å²) in [7, 11) is -2.87. The Labute approximate surface area is 122 Å². The van der Waals surface area contributed by atoms with Crippen LogP contribution in [0, 0.1) is 11.3 Å². The molecule has 6 heteroatoms. The van der Waals surface area contributed by atoms with E-state index in [0.29, 0.717) is 12.6 Å². The van der Waals surface area contributed by atoms with E-state index in [4.69, 9.17) is 0 Å². The highest BCUT2D eigenvalue weighted by molar-refractivity contribution is 7.91. The molecule has 3 unspecified atom stereocenters. The molecule has 20 heavy (non-hydrogen) atoms. The van der Waals surface area contributed by atoms with Crippen molar-refractivity contribution in [3.05, 3.63) is 0 Å². The summed E-state index contributed by atoms with van der Waals surface area (Å²) in [6.45, 7) is 5.57. The predicted octanol–water partition coefficient (Wildman–Crippen LogP) is 0.920. The summed E-state index contributed by atoms with van der Waals surface area (Å²) < 4.78 is 23.3. The van der Waals surface area contributed by atoms with Gasteiger partial charge in [0, 0.05) is 18.6 Å². The fourth-order valence-electron chi connectivity index (χ4n) is 3.52. The van der Waals surface area contributed by atoms with Gasteiger partial charge in [-0.1, -0.05) is 6.92 Å². The number of nitrogens with zero attached hydrogens (tertiary/aromatic N) is 2. The molecule has 0 bridgehead atoms. The van der Waals surface area contributed by atoms with Gasteiger partial charge >= 0.3 is 0 Å². The van der Waals surface area contributed by atoms with E-state index in [0.717, 1.165) is 32.2 Å². The van der Waals surface area contributed by atoms with Crippen LogP contribution >= 0.6 is 0 Å². The molecule has 1 N–H and O–H groups in total. The summed E-state index contributed by atoms with van der Waals surface area (Å²) in [5.74, 6) is 0.515. The Bertz CT molecular complexity index is 485. The number of hydrogen-bond acceptors (Lipinski definition) is 5. The summed E-state index contributed by atoms with van der Waals surface area (Å²) >= 11 is 0. The van der Waals surface area contributed by atoms with Crippen LogP contribution in [0.25, 0.3) is 0 Å². The lowest BCUT2D eigenvalue weighted by atomic mass is 9.99. The van der Waals surface area contributed by atoms with Crippen molar-refractivity contribution >= 4 is 9.84 Å². The fourth-order valence-corrected chi connectivity index (χ4v) is 5.10. The van der Waals surface area contributed by atoms with Gasteiger partial charge in [-0.15, -0.1) is 0 Å². The van der Waals surface area contributed by atoms with Gasteiger partial charge in [-0.2, -0.15) is 5.26 Å². The van der Waals surface area contributed by atoms with E-state index in [-0.39, 0.29) is 17.5 Å². The lowest BCUT2D eigenvalue weighted by Crippen LogP contribution is -2.52. The molecule has 0 amide bonds. The van der Waals surface area contributed by atoms with Crippen LogP contribution in [0.5, 0.6) is 0 Å². The summed E-state index contributed by atoms with van der Waals surface area (Å²) in [4.78, 5) is 2.30. The molecule has 1 saturated carbocycles. The second kappa shape index (κ2) is 6.00. The second-order valence-corrected chi connectivity index (χ2v) is 8.45. The molecule has 0 spiro atoms. The molecule has 5 nitrogen and oxygen atoms in total. The zero-order valence-corrected chi connectivity index (χ0v) is 13.2. The topological polar surface area (TPSA) is 73.2 Å². The molecule has 2 aliphatic rings. The largest absolute Gasteiger partial charge is 0.299 e. The third-order valence-electron chi connectivity index (χ3n) is 4.61. The van der Waals surface area contributed by atoms with Gasteiger partial charge in [0.2, 0.25) is 0 Å². The minimum Gasteiger partial charge on any atom is -0.299 e. The van der Waals surface area contributed by atoms with E-state index in [1.807, 2.05) is 6.92 Å². The predicted molar refractivity (Wildman–Crippen MR) is 79.1 cm³/mol. The van der Waals surface area contributed by atoms with Crippen LogP contribution in [0.4, 0.5) is 0 Å². The quantitative estimate of drug-likeness (QED) is 0.835. The molecule has 1 heterocycles. The monoisotopic (exact) mass is 299 g/mol. The van der Waals surface area contributed by atoms with Crippen LogP contribution in [0.15, 0.2) is 0 Å². The first-order chi connectivity index (χ1) is 9.41. The number of nitrogens with one attached hydrogen (secondary N) is 1. The molecule has 1 aliphatic heterocycles. The molecule has 1 aliphatic carbocycles. The van der Waals surface area contributed by atoms with E-state index < -0.39 is 15.4 Å². The van der Waals surface area contributed by atoms with Crippen molar-refractivity contribution in [2.45, 2.75) is 57.2 Å². The molecule has 0 aromatic heterocycles. The maximum atomic E-state index is 11.7. The second-order valence-electron chi connectivity index (χ2n) is 6.22. The van der Waals surface area contributed by atoms with E-state index >= 15 is 0 Å². The van der Waals surface area contributed by atoms with Gasteiger partial charge in [-0.3, -0.25) is 10.2 Å². The Morgan fingerprint density at radius 3 is 2.85 bits per heavy atom. The Morgan fingerprint density at radius 1 is 1.50 bits per heavy atom. The van der Waals surface area contributed by atoms with Crippen LogP contribution in [-0.4, -0.2) is 55.5 Å². The van der Waals surface area contributed by atoms with Gasteiger partial charge in [0.15, 0.2) is 9.84 Å². The van der Waals surface area contributed by atoms with Crippen LogP contribution in [0.3, 0.4) is 0 Å². The number of nitriles is 1. The number of sulfone groups is 1. The average Bonchev–Trinajstić information content (AvgIpc) is 2.80. The van der Waals surface area contributed by atoms with E-state index in [2.05, 4.69) is 23.2 Å². The first-order valence-corrected chi connectivity index (χ1v) is 9.36. The number of rotatable bonds is 4. The van der Waals surface area contributed by atoms with Crippen molar-refractivity contribution in [3.8, 4) is 6.07 Å². The zero-order valence-electron chi connectivity index (χ0n) is 12.4. The number of hydrogen-bond donors (Lipinski definition) is 1. The zero-order chi connectivity index (χ0) is 14.8. The average molecular weight is 299 g/mol. The first-order valence-electron chi connectivity index (χ1n) is 7.54. The van der Waals surface area contributed by atoms with E-state index in [9.17, 15) is 13.7 Å². The molecule has 3 atom stereocenters. The van der Waals surface area contributed by atoms with Gasteiger partial charge in [0.05, 0.1) is 17.6 Å². The summed E-state index contributed by atoms with van der Waals surface area (Å²) in [6, 6.07) is 2.86. The van der Waals surface area contributed by atoms with Crippen molar-refractivity contribution in [2.24, 2.45) is 0 Å². The van der Waals surface area contributed by atoms with E-state index in [1.54, 1.807) is 0 Å². The molecule has 0 aromatic rings. The SMILES string of the molecule is CCCNC1(C#N)CCC(N2CCS(=O)(=O)CC2C)C1. The minimum absolute atomic E-state index is 0.0689. The Kier molecular flexibility index (Phi) is 4.73. The van der Waals surface area contributed by atoms with Gasteiger partial charge in [0.25, 0.3) is 0 Å². The smallest absolute Gasteiger partial charge is 0.153 e. The lowest BCUT2D eigenvalue weighted by Gasteiger charge is -2.38. The highest BCUT2D eigenvalue weighted by atomic mass is 32.2. The highest BCUT2D eigenvalue weighted by Gasteiger charge is 2.43. The third-order valence-corrected chi connectivity index (χ3v) is 6.40. The van der Waals surface area contributed by atoms with Gasteiger partial charge in [-0.05, 0) is 39.2 Å². The van der Waals surface area contributed by atoms with Gasteiger partial charge in [-0.25, -0.2) is 8.42 Å². The Hall–Kier alpha value is -0.640. The lowest BCUT2D eigenvalue weighted by molar-refractivity contribution is 0.155. The van der Waals surface area contributed by atoms with E-state index in [1.165, 1.54) is 0 Å². The van der Waals surface area contributed by atoms with Crippen molar-refractivity contribution in [3.63, 3.8) is 0 Å². The van der Waals surface area contributed by atoms with Crippen LogP contribution in [0.2, 0.25) is 0 Å². The third kappa shape index (κ3) is 3.33. The normalized spacial score (nSPS) is 37.6. The molecular formula is C14H25N3O2S. The van der Waals surface area contributed by atoms with Crippen molar-refractivity contribution in [1.82, 2.24) is 10.2 Å².